The number of halogens is 3. The molecule has 0 bridgehead atoms. The summed E-state index contributed by atoms with van der Waals surface area (Å²) in [5.41, 5.74) is -1.83. The van der Waals surface area contributed by atoms with Crippen molar-refractivity contribution in [3.8, 4) is 5.88 Å². The SMILES string of the molecule is COc1cc(C(=O)N2CCCC2(c2c[nH]c3ccccc23)C(F)(F)F)on1. The molecular weight excluding hydrogens is 363 g/mol. The highest BCUT2D eigenvalue weighted by Crippen LogP contribution is 2.52. The minimum absolute atomic E-state index is 0.0299. The molecule has 0 spiro atoms. The quantitative estimate of drug-likeness (QED) is 0.750. The Kier molecular flexibility index (Phi) is 3.90. The Morgan fingerprint density at radius 2 is 2.15 bits per heavy atom. The Morgan fingerprint density at radius 1 is 1.37 bits per heavy atom. The van der Waals surface area contributed by atoms with E-state index in [0.717, 1.165) is 4.90 Å². The van der Waals surface area contributed by atoms with Crippen LogP contribution in [-0.4, -0.2) is 40.8 Å². The Bertz CT molecular complexity index is 994. The number of hydrogen-bond acceptors (Lipinski definition) is 4. The van der Waals surface area contributed by atoms with E-state index in [2.05, 4.69) is 10.1 Å². The van der Waals surface area contributed by atoms with Gasteiger partial charge in [0.25, 0.3) is 11.8 Å². The van der Waals surface area contributed by atoms with Crippen LogP contribution in [0.2, 0.25) is 0 Å². The molecule has 1 saturated heterocycles. The molecule has 1 N–H and O–H groups in total. The Balaban J connectivity index is 1.87. The second-order valence-electron chi connectivity index (χ2n) is 6.40. The minimum Gasteiger partial charge on any atom is -0.479 e. The number of benzene rings is 1. The van der Waals surface area contributed by atoms with E-state index >= 15 is 0 Å². The van der Waals surface area contributed by atoms with Crippen molar-refractivity contribution in [1.29, 1.82) is 0 Å². The normalized spacial score (nSPS) is 20.4. The summed E-state index contributed by atoms with van der Waals surface area (Å²) in [6.07, 6.45) is -3.34. The molecule has 1 amide bonds. The highest BCUT2D eigenvalue weighted by atomic mass is 19.4. The average molecular weight is 379 g/mol. The maximum absolute atomic E-state index is 14.4. The summed E-state index contributed by atoms with van der Waals surface area (Å²) in [4.78, 5) is 16.6. The fourth-order valence-corrected chi connectivity index (χ4v) is 3.82. The van der Waals surface area contributed by atoms with E-state index in [9.17, 15) is 18.0 Å². The highest BCUT2D eigenvalue weighted by molar-refractivity contribution is 5.94. The summed E-state index contributed by atoms with van der Waals surface area (Å²) in [7, 11) is 1.33. The van der Waals surface area contributed by atoms with E-state index in [-0.39, 0.29) is 36.6 Å². The molecular formula is C18H16F3N3O3. The molecule has 1 aliphatic heterocycles. The number of nitrogens with one attached hydrogen (secondary N) is 1. The number of carbonyl (C=O) groups excluding carboxylic acids is 1. The molecule has 0 radical (unpaired) electrons. The third-order valence-electron chi connectivity index (χ3n) is 5.04. The predicted octanol–water partition coefficient (Wildman–Crippen LogP) is 3.86. The number of fused-ring (bicyclic) bond motifs is 1. The number of ether oxygens (including phenoxy) is 1. The van der Waals surface area contributed by atoms with Gasteiger partial charge in [-0.25, -0.2) is 0 Å². The molecule has 2 aromatic heterocycles. The van der Waals surface area contributed by atoms with Crippen LogP contribution in [-0.2, 0) is 5.54 Å². The van der Waals surface area contributed by atoms with Crippen molar-refractivity contribution in [2.75, 3.05) is 13.7 Å². The maximum atomic E-state index is 14.4. The second kappa shape index (κ2) is 6.04. The van der Waals surface area contributed by atoms with Crippen LogP contribution in [0.25, 0.3) is 10.9 Å². The van der Waals surface area contributed by atoms with Crippen LogP contribution in [0.1, 0.15) is 29.0 Å². The molecule has 3 heterocycles. The van der Waals surface area contributed by atoms with Crippen LogP contribution in [0.5, 0.6) is 5.88 Å². The molecule has 0 aliphatic carbocycles. The van der Waals surface area contributed by atoms with Crippen molar-refractivity contribution in [3.63, 3.8) is 0 Å². The van der Waals surface area contributed by atoms with Crippen molar-refractivity contribution >= 4 is 16.8 Å². The summed E-state index contributed by atoms with van der Waals surface area (Å²) < 4.78 is 53.0. The first-order valence-electron chi connectivity index (χ1n) is 8.34. The van der Waals surface area contributed by atoms with Crippen molar-refractivity contribution < 1.29 is 27.2 Å². The zero-order chi connectivity index (χ0) is 19.2. The fraction of sp³-hybridized carbons (Fsp3) is 0.333. The van der Waals surface area contributed by atoms with Gasteiger partial charge in [-0.05, 0) is 24.1 Å². The summed E-state index contributed by atoms with van der Waals surface area (Å²) >= 11 is 0. The Hall–Kier alpha value is -2.97. The molecule has 1 fully saturated rings. The first-order valence-corrected chi connectivity index (χ1v) is 8.34. The molecule has 3 aromatic rings. The first kappa shape index (κ1) is 17.4. The van der Waals surface area contributed by atoms with E-state index in [1.54, 1.807) is 24.3 Å². The molecule has 1 unspecified atom stereocenters. The molecule has 1 aromatic carbocycles. The number of carbonyl (C=O) groups is 1. The fourth-order valence-electron chi connectivity index (χ4n) is 3.82. The van der Waals surface area contributed by atoms with Crippen LogP contribution in [0, 0.1) is 0 Å². The molecule has 4 rings (SSSR count). The lowest BCUT2D eigenvalue weighted by molar-refractivity contribution is -0.220. The van der Waals surface area contributed by atoms with Crippen LogP contribution < -0.4 is 4.74 Å². The first-order chi connectivity index (χ1) is 12.9. The number of nitrogens with zero attached hydrogens (tertiary/aromatic N) is 2. The number of methoxy groups -OCH3 is 1. The standard InChI is InChI=1S/C18H16F3N3O3/c1-26-15-9-14(27-23-15)16(25)24-8-4-7-17(24,18(19,20)21)12-10-22-13-6-3-2-5-11(12)13/h2-3,5-6,9-10,22H,4,7-8H2,1H3. The van der Waals surface area contributed by atoms with Crippen molar-refractivity contribution in [1.82, 2.24) is 15.0 Å². The van der Waals surface area contributed by atoms with Gasteiger partial charge in [-0.1, -0.05) is 18.2 Å². The molecule has 9 heteroatoms. The lowest BCUT2D eigenvalue weighted by atomic mass is 9.85. The molecule has 142 valence electrons. The Labute approximate surface area is 151 Å². The van der Waals surface area contributed by atoms with Gasteiger partial charge < -0.3 is 19.1 Å². The highest BCUT2D eigenvalue weighted by Gasteiger charge is 2.64. The molecule has 27 heavy (non-hydrogen) atoms. The number of aromatic amines is 1. The van der Waals surface area contributed by atoms with Gasteiger partial charge in [0.1, 0.15) is 0 Å². The number of H-pyrrole nitrogens is 1. The maximum Gasteiger partial charge on any atom is 0.416 e. The largest absolute Gasteiger partial charge is 0.479 e. The number of rotatable bonds is 3. The van der Waals surface area contributed by atoms with Gasteiger partial charge in [-0.2, -0.15) is 13.2 Å². The van der Waals surface area contributed by atoms with Crippen LogP contribution in [0.4, 0.5) is 13.2 Å². The second-order valence-corrected chi connectivity index (χ2v) is 6.40. The summed E-state index contributed by atoms with van der Waals surface area (Å²) in [5.74, 6) is -1.13. The predicted molar refractivity (Wildman–Crippen MR) is 89.4 cm³/mol. The van der Waals surface area contributed by atoms with E-state index < -0.39 is 17.6 Å². The van der Waals surface area contributed by atoms with Crippen molar-refractivity contribution in [3.05, 3.63) is 47.9 Å². The van der Waals surface area contributed by atoms with Gasteiger partial charge in [0.05, 0.1) is 13.2 Å². The number of aromatic nitrogens is 2. The smallest absolute Gasteiger partial charge is 0.416 e. The van der Waals surface area contributed by atoms with Gasteiger partial charge in [-0.3, -0.25) is 4.79 Å². The minimum atomic E-state index is -4.67. The molecule has 6 nitrogen and oxygen atoms in total. The van der Waals surface area contributed by atoms with Crippen LogP contribution in [0.15, 0.2) is 41.1 Å². The molecule has 1 atom stereocenters. The van der Waals surface area contributed by atoms with Gasteiger partial charge in [-0.15, -0.1) is 0 Å². The van der Waals surface area contributed by atoms with Crippen LogP contribution in [0.3, 0.4) is 0 Å². The molecule has 1 aliphatic rings. The average Bonchev–Trinajstić information content (AvgIpc) is 3.37. The summed E-state index contributed by atoms with van der Waals surface area (Å²) in [6, 6.07) is 7.92. The van der Waals surface area contributed by atoms with E-state index in [0.29, 0.717) is 10.9 Å². The Morgan fingerprint density at radius 3 is 2.85 bits per heavy atom. The van der Waals surface area contributed by atoms with E-state index in [1.807, 2.05) is 0 Å². The van der Waals surface area contributed by atoms with Gasteiger partial charge in [0.15, 0.2) is 5.54 Å². The monoisotopic (exact) mass is 379 g/mol. The molecule has 0 saturated carbocycles. The number of hydrogen-bond donors (Lipinski definition) is 1. The van der Waals surface area contributed by atoms with Gasteiger partial charge in [0, 0.05) is 29.2 Å². The van der Waals surface area contributed by atoms with Crippen LogP contribution >= 0.6 is 0 Å². The van der Waals surface area contributed by atoms with Crippen molar-refractivity contribution in [2.24, 2.45) is 0 Å². The number of alkyl halides is 3. The summed E-state index contributed by atoms with van der Waals surface area (Å²) in [6.45, 7) is -0.0408. The van der Waals surface area contributed by atoms with E-state index in [1.165, 1.54) is 19.4 Å². The number of para-hydroxylation sites is 1. The zero-order valence-electron chi connectivity index (χ0n) is 14.3. The lowest BCUT2D eigenvalue weighted by Crippen LogP contribution is -2.54. The zero-order valence-corrected chi connectivity index (χ0v) is 14.3. The number of amides is 1. The third kappa shape index (κ3) is 2.48. The lowest BCUT2D eigenvalue weighted by Gasteiger charge is -2.39. The van der Waals surface area contributed by atoms with E-state index in [4.69, 9.17) is 9.26 Å². The topological polar surface area (TPSA) is 71.4 Å². The van der Waals surface area contributed by atoms with Crippen molar-refractivity contribution in [2.45, 2.75) is 24.6 Å². The summed E-state index contributed by atoms with van der Waals surface area (Å²) in [5, 5.41) is 3.95. The number of likely N-dealkylation sites (tertiary alicyclic amines) is 1. The van der Waals surface area contributed by atoms with Gasteiger partial charge >= 0.3 is 6.18 Å². The third-order valence-corrected chi connectivity index (χ3v) is 5.04. The van der Waals surface area contributed by atoms with Gasteiger partial charge in [0.2, 0.25) is 5.76 Å².